The van der Waals surface area contributed by atoms with E-state index in [9.17, 15) is 4.79 Å². The van der Waals surface area contributed by atoms with E-state index in [0.29, 0.717) is 6.61 Å². The van der Waals surface area contributed by atoms with Gasteiger partial charge >= 0.3 is 5.97 Å². The molecule has 0 aliphatic heterocycles. The molecule has 0 aliphatic carbocycles. The number of nitrogens with one attached hydrogen (secondary N) is 1. The highest BCUT2D eigenvalue weighted by Crippen LogP contribution is 2.13. The summed E-state index contributed by atoms with van der Waals surface area (Å²) in [5, 5.41) is 8.54. The van der Waals surface area contributed by atoms with Crippen LogP contribution >= 0.6 is 0 Å². The lowest BCUT2D eigenvalue weighted by Gasteiger charge is -2.06. The number of benzene rings is 1. The molecule has 5 nitrogen and oxygen atoms in total. The molecule has 110 valence electrons. The van der Waals surface area contributed by atoms with Crippen LogP contribution in [0.4, 0.5) is 0 Å². The van der Waals surface area contributed by atoms with Crippen molar-refractivity contribution in [3.8, 4) is 5.75 Å². The molecule has 0 spiro atoms. The number of carbonyl (C=O) groups is 1. The monoisotopic (exact) mass is 279 g/mol. The molecule has 0 aliphatic rings. The van der Waals surface area contributed by atoms with Gasteiger partial charge in [-0.05, 0) is 37.0 Å². The molecule has 1 rings (SSSR count). The van der Waals surface area contributed by atoms with Crippen molar-refractivity contribution < 1.29 is 19.5 Å². The van der Waals surface area contributed by atoms with Gasteiger partial charge in [-0.2, -0.15) is 0 Å². The second kappa shape index (κ2) is 8.98. The second-order valence-corrected chi connectivity index (χ2v) is 4.39. The Hall–Kier alpha value is -2.01. The Morgan fingerprint density at radius 2 is 1.95 bits per heavy atom. The van der Waals surface area contributed by atoms with E-state index in [0.717, 1.165) is 31.4 Å². The highest BCUT2D eigenvalue weighted by atomic mass is 16.6. The number of aliphatic carboxylic acids is 1. The first-order valence-electron chi connectivity index (χ1n) is 6.56. The van der Waals surface area contributed by atoms with Crippen LogP contribution in [0, 0.1) is 0 Å². The van der Waals surface area contributed by atoms with Crippen molar-refractivity contribution >= 4 is 5.97 Å². The highest BCUT2D eigenvalue weighted by molar-refractivity contribution is 5.84. The number of hydrogen-bond donors (Lipinski definition) is 2. The lowest BCUT2D eigenvalue weighted by Crippen LogP contribution is -2.20. The van der Waals surface area contributed by atoms with Gasteiger partial charge in [-0.1, -0.05) is 25.1 Å². The van der Waals surface area contributed by atoms with Crippen molar-refractivity contribution in [2.45, 2.75) is 25.7 Å². The van der Waals surface area contributed by atoms with Gasteiger partial charge in [-0.15, -0.1) is 0 Å². The van der Waals surface area contributed by atoms with Crippen LogP contribution in [0.2, 0.25) is 0 Å². The van der Waals surface area contributed by atoms with Crippen LogP contribution in [-0.4, -0.2) is 24.8 Å². The molecular formula is C15H21NO4. The number of rotatable bonds is 10. The first kappa shape index (κ1) is 16.0. The summed E-state index contributed by atoms with van der Waals surface area (Å²) in [4.78, 5) is 15.4. The summed E-state index contributed by atoms with van der Waals surface area (Å²) < 4.78 is 5.10. The maximum atomic E-state index is 10.4. The molecule has 0 atom stereocenters. The third kappa shape index (κ3) is 6.24. The molecule has 0 saturated carbocycles. The summed E-state index contributed by atoms with van der Waals surface area (Å²) in [5.74, 6) is -0.239. The van der Waals surface area contributed by atoms with Crippen molar-refractivity contribution in [3.05, 3.63) is 42.1 Å². The number of carboxylic acids is 1. The zero-order valence-corrected chi connectivity index (χ0v) is 11.7. The Labute approximate surface area is 119 Å². The Morgan fingerprint density at radius 1 is 1.25 bits per heavy atom. The number of methoxy groups -OCH3 is 1. The molecule has 20 heavy (non-hydrogen) atoms. The minimum absolute atomic E-state index is 0.150. The van der Waals surface area contributed by atoms with Crippen molar-refractivity contribution in [2.24, 2.45) is 0 Å². The third-order valence-corrected chi connectivity index (χ3v) is 2.82. The summed E-state index contributed by atoms with van der Waals surface area (Å²) in [7, 11) is 1.65. The average Bonchev–Trinajstić information content (AvgIpc) is 2.46. The van der Waals surface area contributed by atoms with Crippen molar-refractivity contribution in [3.63, 3.8) is 0 Å². The summed E-state index contributed by atoms with van der Waals surface area (Å²) in [6, 6.07) is 8.04. The number of aryl methyl sites for hydroxylation is 1. The molecule has 2 N–H and O–H groups in total. The largest absolute Gasteiger partial charge is 0.497 e. The number of hydroxylamine groups is 1. The molecule has 0 heterocycles. The predicted octanol–water partition coefficient (Wildman–Crippen LogP) is 2.53. The van der Waals surface area contributed by atoms with E-state index in [2.05, 4.69) is 24.2 Å². The summed E-state index contributed by atoms with van der Waals surface area (Å²) >= 11 is 0. The fourth-order valence-corrected chi connectivity index (χ4v) is 1.65. The normalized spacial score (nSPS) is 10.1. The van der Waals surface area contributed by atoms with E-state index in [4.69, 9.17) is 14.7 Å². The van der Waals surface area contributed by atoms with Gasteiger partial charge in [0.1, 0.15) is 11.4 Å². The molecule has 0 bridgehead atoms. The zero-order valence-electron chi connectivity index (χ0n) is 11.7. The van der Waals surface area contributed by atoms with E-state index in [1.807, 2.05) is 12.1 Å². The standard InChI is InChI=1S/C15H21NO4/c1-12(15(17)18)16-20-11-5-3-4-6-13-7-9-14(19-2)10-8-13/h7-10,16H,1,3-6,11H2,2H3,(H,17,18). The van der Waals surface area contributed by atoms with E-state index in [-0.39, 0.29) is 5.70 Å². The average molecular weight is 279 g/mol. The maximum Gasteiger partial charge on any atom is 0.353 e. The van der Waals surface area contributed by atoms with E-state index < -0.39 is 5.97 Å². The van der Waals surface area contributed by atoms with Crippen LogP contribution in [0.25, 0.3) is 0 Å². The number of unbranched alkanes of at least 4 members (excludes halogenated alkanes) is 2. The van der Waals surface area contributed by atoms with Crippen LogP contribution in [0.1, 0.15) is 24.8 Å². The van der Waals surface area contributed by atoms with Gasteiger partial charge in [0.25, 0.3) is 0 Å². The number of carboxylic acid groups (broad SMARTS) is 1. The fourth-order valence-electron chi connectivity index (χ4n) is 1.65. The Morgan fingerprint density at radius 3 is 2.55 bits per heavy atom. The minimum atomic E-state index is -1.11. The summed E-state index contributed by atoms with van der Waals surface area (Å²) in [6.45, 7) is 3.76. The molecule has 0 amide bonds. The van der Waals surface area contributed by atoms with Crippen LogP contribution in [-0.2, 0) is 16.1 Å². The van der Waals surface area contributed by atoms with E-state index >= 15 is 0 Å². The SMILES string of the molecule is C=C(NOCCCCCc1ccc(OC)cc1)C(=O)O. The quantitative estimate of drug-likeness (QED) is 0.391. The summed E-state index contributed by atoms with van der Waals surface area (Å²) in [5.41, 5.74) is 3.43. The van der Waals surface area contributed by atoms with Gasteiger partial charge in [-0.25, -0.2) is 4.79 Å². The molecule has 5 heteroatoms. The Bertz CT molecular complexity index is 428. The van der Waals surface area contributed by atoms with Crippen LogP contribution in [0.15, 0.2) is 36.5 Å². The van der Waals surface area contributed by atoms with Crippen molar-refractivity contribution in [2.75, 3.05) is 13.7 Å². The van der Waals surface area contributed by atoms with Gasteiger partial charge in [0.2, 0.25) is 0 Å². The Balaban J connectivity index is 2.04. The summed E-state index contributed by atoms with van der Waals surface area (Å²) in [6.07, 6.45) is 3.97. The number of ether oxygens (including phenoxy) is 1. The van der Waals surface area contributed by atoms with Crippen LogP contribution < -0.4 is 10.2 Å². The smallest absolute Gasteiger partial charge is 0.353 e. The van der Waals surface area contributed by atoms with Crippen LogP contribution in [0.3, 0.4) is 0 Å². The lowest BCUT2D eigenvalue weighted by atomic mass is 10.1. The molecule has 0 radical (unpaired) electrons. The van der Waals surface area contributed by atoms with Gasteiger partial charge in [-0.3, -0.25) is 10.3 Å². The second-order valence-electron chi connectivity index (χ2n) is 4.39. The van der Waals surface area contributed by atoms with Gasteiger partial charge in [0.15, 0.2) is 0 Å². The molecule has 0 unspecified atom stereocenters. The highest BCUT2D eigenvalue weighted by Gasteiger charge is 2.01. The van der Waals surface area contributed by atoms with Gasteiger partial charge in [0, 0.05) is 0 Å². The molecule has 0 aromatic heterocycles. The third-order valence-electron chi connectivity index (χ3n) is 2.82. The van der Waals surface area contributed by atoms with Crippen LogP contribution in [0.5, 0.6) is 5.75 Å². The molecule has 1 aromatic carbocycles. The topological polar surface area (TPSA) is 67.8 Å². The number of hydrogen-bond acceptors (Lipinski definition) is 4. The van der Waals surface area contributed by atoms with Crippen molar-refractivity contribution in [1.29, 1.82) is 0 Å². The Kier molecular flexibility index (Phi) is 7.21. The maximum absolute atomic E-state index is 10.4. The van der Waals surface area contributed by atoms with E-state index in [1.54, 1.807) is 7.11 Å². The predicted molar refractivity (Wildman–Crippen MR) is 76.4 cm³/mol. The zero-order chi connectivity index (χ0) is 14.8. The van der Waals surface area contributed by atoms with Gasteiger partial charge < -0.3 is 9.84 Å². The lowest BCUT2D eigenvalue weighted by molar-refractivity contribution is -0.134. The fraction of sp³-hybridized carbons (Fsp3) is 0.400. The van der Waals surface area contributed by atoms with E-state index in [1.165, 1.54) is 5.56 Å². The minimum Gasteiger partial charge on any atom is -0.497 e. The molecular weight excluding hydrogens is 258 g/mol. The van der Waals surface area contributed by atoms with Crippen molar-refractivity contribution in [1.82, 2.24) is 5.48 Å². The first-order valence-corrected chi connectivity index (χ1v) is 6.56. The molecule has 1 aromatic rings. The molecule has 0 fully saturated rings. The molecule has 0 saturated heterocycles. The first-order chi connectivity index (χ1) is 9.63. The van der Waals surface area contributed by atoms with Gasteiger partial charge in [0.05, 0.1) is 13.7 Å².